The maximum Gasteiger partial charge on any atom is 0.161 e. The van der Waals surface area contributed by atoms with Crippen LogP contribution < -0.4 is 14.8 Å². The van der Waals surface area contributed by atoms with Gasteiger partial charge in [0.25, 0.3) is 0 Å². The van der Waals surface area contributed by atoms with E-state index in [1.807, 2.05) is 19.2 Å². The van der Waals surface area contributed by atoms with E-state index in [-0.39, 0.29) is 6.04 Å². The van der Waals surface area contributed by atoms with Crippen LogP contribution in [0.1, 0.15) is 29.7 Å². The van der Waals surface area contributed by atoms with Gasteiger partial charge in [-0.05, 0) is 42.3 Å². The lowest BCUT2D eigenvalue weighted by molar-refractivity contribution is 0.354. The molecule has 2 aromatic carbocycles. The maximum absolute atomic E-state index is 5.41. The number of methoxy groups -OCH3 is 2. The van der Waals surface area contributed by atoms with Crippen LogP contribution in [0.3, 0.4) is 0 Å². The summed E-state index contributed by atoms with van der Waals surface area (Å²) >= 11 is 0. The highest BCUT2D eigenvalue weighted by atomic mass is 16.5. The molecule has 0 spiro atoms. The number of nitrogens with one attached hydrogen (secondary N) is 1. The molecular formula is C18H23NO2. The van der Waals surface area contributed by atoms with Crippen LogP contribution in [0.5, 0.6) is 11.5 Å². The highest BCUT2D eigenvalue weighted by molar-refractivity contribution is 5.47. The number of benzene rings is 2. The average molecular weight is 285 g/mol. The Morgan fingerprint density at radius 2 is 1.71 bits per heavy atom. The summed E-state index contributed by atoms with van der Waals surface area (Å²) in [5, 5.41) is 3.40. The van der Waals surface area contributed by atoms with E-state index in [4.69, 9.17) is 9.47 Å². The summed E-state index contributed by atoms with van der Waals surface area (Å²) < 4.78 is 10.7. The molecule has 0 fully saturated rings. The molecule has 112 valence electrons. The molecule has 2 aromatic rings. The lowest BCUT2D eigenvalue weighted by Gasteiger charge is -2.21. The minimum absolute atomic E-state index is 0.140. The van der Waals surface area contributed by atoms with Gasteiger partial charge in [-0.3, -0.25) is 0 Å². The minimum atomic E-state index is 0.140. The summed E-state index contributed by atoms with van der Waals surface area (Å²) in [6.45, 7) is 2.18. The first-order valence-electron chi connectivity index (χ1n) is 7.22. The molecule has 0 aromatic heterocycles. The van der Waals surface area contributed by atoms with Crippen molar-refractivity contribution in [2.75, 3.05) is 21.3 Å². The smallest absolute Gasteiger partial charge is 0.161 e. The molecule has 0 amide bonds. The Morgan fingerprint density at radius 3 is 2.33 bits per heavy atom. The average Bonchev–Trinajstić information content (AvgIpc) is 2.55. The van der Waals surface area contributed by atoms with Crippen LogP contribution in [0.25, 0.3) is 0 Å². The van der Waals surface area contributed by atoms with Crippen molar-refractivity contribution in [3.05, 3.63) is 59.2 Å². The largest absolute Gasteiger partial charge is 0.493 e. The molecule has 21 heavy (non-hydrogen) atoms. The molecule has 1 atom stereocenters. The standard InChI is InChI=1S/C18H23NO2/c1-5-13-8-6-7-9-15(13)18(19-2)14-10-11-16(20-3)17(12-14)21-4/h6-12,18-19H,5H2,1-4H3. The molecule has 0 bridgehead atoms. The molecule has 0 radical (unpaired) electrons. The fraction of sp³-hybridized carbons (Fsp3) is 0.333. The van der Waals surface area contributed by atoms with Gasteiger partial charge >= 0.3 is 0 Å². The number of rotatable bonds is 6. The lowest BCUT2D eigenvalue weighted by Crippen LogP contribution is -2.19. The molecule has 1 unspecified atom stereocenters. The van der Waals surface area contributed by atoms with Gasteiger partial charge in [-0.15, -0.1) is 0 Å². The monoisotopic (exact) mass is 285 g/mol. The van der Waals surface area contributed by atoms with Crippen molar-refractivity contribution in [1.29, 1.82) is 0 Å². The van der Waals surface area contributed by atoms with Gasteiger partial charge in [-0.2, -0.15) is 0 Å². The Kier molecular flexibility index (Phi) is 5.23. The Morgan fingerprint density at radius 1 is 1.00 bits per heavy atom. The highest BCUT2D eigenvalue weighted by Gasteiger charge is 2.16. The zero-order chi connectivity index (χ0) is 15.2. The van der Waals surface area contributed by atoms with E-state index in [1.54, 1.807) is 14.2 Å². The third kappa shape index (κ3) is 3.19. The molecule has 3 nitrogen and oxygen atoms in total. The number of aryl methyl sites for hydroxylation is 1. The molecular weight excluding hydrogens is 262 g/mol. The van der Waals surface area contributed by atoms with Crippen molar-refractivity contribution < 1.29 is 9.47 Å². The first-order valence-corrected chi connectivity index (χ1v) is 7.22. The van der Waals surface area contributed by atoms with E-state index in [9.17, 15) is 0 Å². The Balaban J connectivity index is 2.46. The van der Waals surface area contributed by atoms with Crippen LogP contribution in [0.15, 0.2) is 42.5 Å². The first kappa shape index (κ1) is 15.4. The summed E-state index contributed by atoms with van der Waals surface area (Å²) in [4.78, 5) is 0. The normalized spacial score (nSPS) is 12.0. The van der Waals surface area contributed by atoms with E-state index in [2.05, 4.69) is 42.6 Å². The number of hydrogen-bond acceptors (Lipinski definition) is 3. The molecule has 0 aliphatic rings. The maximum atomic E-state index is 5.41. The highest BCUT2D eigenvalue weighted by Crippen LogP contribution is 2.33. The fourth-order valence-corrected chi connectivity index (χ4v) is 2.67. The van der Waals surface area contributed by atoms with Crippen LogP contribution in [-0.4, -0.2) is 21.3 Å². The molecule has 0 aliphatic heterocycles. The molecule has 2 rings (SSSR count). The van der Waals surface area contributed by atoms with Gasteiger partial charge in [0.05, 0.1) is 20.3 Å². The zero-order valence-electron chi connectivity index (χ0n) is 13.1. The molecule has 0 saturated carbocycles. The van der Waals surface area contributed by atoms with Gasteiger partial charge < -0.3 is 14.8 Å². The van der Waals surface area contributed by atoms with Crippen molar-refractivity contribution in [1.82, 2.24) is 5.32 Å². The second kappa shape index (κ2) is 7.14. The van der Waals surface area contributed by atoms with Crippen molar-refractivity contribution in [2.45, 2.75) is 19.4 Å². The summed E-state index contributed by atoms with van der Waals surface area (Å²) in [6, 6.07) is 14.7. The Bertz CT molecular complexity index is 596. The predicted octanol–water partition coefficient (Wildman–Crippen LogP) is 3.58. The summed E-state index contributed by atoms with van der Waals surface area (Å²) in [5.41, 5.74) is 3.82. The van der Waals surface area contributed by atoms with Crippen LogP contribution >= 0.6 is 0 Å². The first-order chi connectivity index (χ1) is 10.2. The van der Waals surface area contributed by atoms with Crippen molar-refractivity contribution in [2.24, 2.45) is 0 Å². The van der Waals surface area contributed by atoms with Crippen molar-refractivity contribution in [3.63, 3.8) is 0 Å². The van der Waals surface area contributed by atoms with Gasteiger partial charge in [0, 0.05) is 0 Å². The summed E-state index contributed by atoms with van der Waals surface area (Å²) in [7, 11) is 5.29. The Labute approximate surface area is 126 Å². The van der Waals surface area contributed by atoms with E-state index >= 15 is 0 Å². The van der Waals surface area contributed by atoms with Crippen LogP contribution in [0.4, 0.5) is 0 Å². The Hall–Kier alpha value is -2.00. The van der Waals surface area contributed by atoms with E-state index in [0.29, 0.717) is 0 Å². The minimum Gasteiger partial charge on any atom is -0.493 e. The SMILES string of the molecule is CCc1ccccc1C(NC)c1ccc(OC)c(OC)c1. The molecule has 0 aliphatic carbocycles. The van der Waals surface area contributed by atoms with Crippen LogP contribution in [0, 0.1) is 0 Å². The van der Waals surface area contributed by atoms with Crippen LogP contribution in [-0.2, 0) is 6.42 Å². The van der Waals surface area contributed by atoms with Gasteiger partial charge in [0.15, 0.2) is 11.5 Å². The number of hydrogen-bond donors (Lipinski definition) is 1. The van der Waals surface area contributed by atoms with E-state index in [0.717, 1.165) is 23.5 Å². The lowest BCUT2D eigenvalue weighted by atomic mass is 9.93. The third-order valence-corrected chi connectivity index (χ3v) is 3.78. The van der Waals surface area contributed by atoms with Gasteiger partial charge in [0.2, 0.25) is 0 Å². The predicted molar refractivity (Wildman–Crippen MR) is 86.3 cm³/mol. The molecule has 1 N–H and O–H groups in total. The molecule has 3 heteroatoms. The van der Waals surface area contributed by atoms with Crippen molar-refractivity contribution >= 4 is 0 Å². The molecule has 0 heterocycles. The third-order valence-electron chi connectivity index (χ3n) is 3.78. The topological polar surface area (TPSA) is 30.5 Å². The van der Waals surface area contributed by atoms with Gasteiger partial charge in [0.1, 0.15) is 0 Å². The van der Waals surface area contributed by atoms with Gasteiger partial charge in [-0.25, -0.2) is 0 Å². The van der Waals surface area contributed by atoms with E-state index in [1.165, 1.54) is 11.1 Å². The van der Waals surface area contributed by atoms with Crippen molar-refractivity contribution in [3.8, 4) is 11.5 Å². The van der Waals surface area contributed by atoms with Gasteiger partial charge in [-0.1, -0.05) is 37.3 Å². The molecule has 0 saturated heterocycles. The zero-order valence-corrected chi connectivity index (χ0v) is 13.1. The van der Waals surface area contributed by atoms with E-state index < -0.39 is 0 Å². The quantitative estimate of drug-likeness (QED) is 0.880. The second-order valence-electron chi connectivity index (χ2n) is 4.89. The number of ether oxygens (including phenoxy) is 2. The summed E-state index contributed by atoms with van der Waals surface area (Å²) in [6.07, 6.45) is 1.02. The van der Waals surface area contributed by atoms with Crippen LogP contribution in [0.2, 0.25) is 0 Å². The summed E-state index contributed by atoms with van der Waals surface area (Å²) in [5.74, 6) is 1.50. The second-order valence-corrected chi connectivity index (χ2v) is 4.89. The fourth-order valence-electron chi connectivity index (χ4n) is 2.67.